The van der Waals surface area contributed by atoms with Gasteiger partial charge in [-0.05, 0) is 24.3 Å². The lowest BCUT2D eigenvalue weighted by atomic mass is 10.0. The van der Waals surface area contributed by atoms with Gasteiger partial charge in [0.05, 0.1) is 24.3 Å². The largest absolute Gasteiger partial charge is 0.496 e. The highest BCUT2D eigenvalue weighted by Gasteiger charge is 2.17. The van der Waals surface area contributed by atoms with Gasteiger partial charge in [0, 0.05) is 22.7 Å². The Bertz CT molecular complexity index is 872. The second-order valence-corrected chi connectivity index (χ2v) is 4.60. The van der Waals surface area contributed by atoms with E-state index in [1.807, 2.05) is 6.07 Å². The number of hydrogen-bond acceptors (Lipinski definition) is 3. The molecule has 0 spiro atoms. The SMILES string of the molecule is COc1ccccc1C(=O)c1c[nH]c2cc(C#N)ccc12. The normalized spacial score (nSPS) is 10.3. The van der Waals surface area contributed by atoms with Crippen molar-refractivity contribution in [3.63, 3.8) is 0 Å². The lowest BCUT2D eigenvalue weighted by Gasteiger charge is -2.06. The Hall–Kier alpha value is -3.06. The summed E-state index contributed by atoms with van der Waals surface area (Å²) in [6.07, 6.45) is 1.67. The first-order valence-electron chi connectivity index (χ1n) is 6.43. The zero-order valence-corrected chi connectivity index (χ0v) is 11.4. The molecule has 3 aromatic rings. The standard InChI is InChI=1S/C17H12N2O2/c1-21-16-5-3-2-4-13(16)17(20)14-10-19-15-8-11(9-18)6-7-12(14)15/h2-8,10,19H,1H3. The van der Waals surface area contributed by atoms with Gasteiger partial charge >= 0.3 is 0 Å². The molecular formula is C17H12N2O2. The Kier molecular flexibility index (Phi) is 3.17. The monoisotopic (exact) mass is 276 g/mol. The fourth-order valence-electron chi connectivity index (χ4n) is 2.36. The third-order valence-corrected chi connectivity index (χ3v) is 3.41. The van der Waals surface area contributed by atoms with Gasteiger partial charge in [0.15, 0.2) is 5.78 Å². The van der Waals surface area contributed by atoms with Crippen molar-refractivity contribution in [1.29, 1.82) is 5.26 Å². The third kappa shape index (κ3) is 2.15. The number of nitrogens with one attached hydrogen (secondary N) is 1. The number of benzene rings is 2. The van der Waals surface area contributed by atoms with E-state index >= 15 is 0 Å². The van der Waals surface area contributed by atoms with E-state index in [9.17, 15) is 4.79 Å². The summed E-state index contributed by atoms with van der Waals surface area (Å²) in [5.74, 6) is 0.439. The first-order chi connectivity index (χ1) is 10.2. The van der Waals surface area contributed by atoms with Gasteiger partial charge in [-0.25, -0.2) is 0 Å². The van der Waals surface area contributed by atoms with Crippen molar-refractivity contribution in [2.24, 2.45) is 0 Å². The zero-order valence-electron chi connectivity index (χ0n) is 11.4. The van der Waals surface area contributed by atoms with Crippen LogP contribution in [0, 0.1) is 11.3 Å². The van der Waals surface area contributed by atoms with Gasteiger partial charge in [-0.15, -0.1) is 0 Å². The predicted molar refractivity (Wildman–Crippen MR) is 79.4 cm³/mol. The number of carbonyl (C=O) groups excluding carboxylic acids is 1. The Morgan fingerprint density at radius 3 is 2.76 bits per heavy atom. The lowest BCUT2D eigenvalue weighted by Crippen LogP contribution is -2.03. The maximum Gasteiger partial charge on any atom is 0.198 e. The molecule has 1 heterocycles. The van der Waals surface area contributed by atoms with E-state index < -0.39 is 0 Å². The highest BCUT2D eigenvalue weighted by atomic mass is 16.5. The summed E-state index contributed by atoms with van der Waals surface area (Å²) in [4.78, 5) is 15.7. The van der Waals surface area contributed by atoms with E-state index in [0.29, 0.717) is 22.4 Å². The second kappa shape index (κ2) is 5.14. The van der Waals surface area contributed by atoms with Crippen molar-refractivity contribution >= 4 is 16.7 Å². The van der Waals surface area contributed by atoms with Crippen LogP contribution in [0.5, 0.6) is 5.75 Å². The summed E-state index contributed by atoms with van der Waals surface area (Å²) in [6, 6.07) is 14.4. The summed E-state index contributed by atoms with van der Waals surface area (Å²) in [6.45, 7) is 0. The molecule has 0 bridgehead atoms. The van der Waals surface area contributed by atoms with Crippen LogP contribution >= 0.6 is 0 Å². The number of hydrogen-bond donors (Lipinski definition) is 1. The fourth-order valence-corrected chi connectivity index (χ4v) is 2.36. The number of aromatic nitrogens is 1. The number of H-pyrrole nitrogens is 1. The second-order valence-electron chi connectivity index (χ2n) is 4.60. The zero-order chi connectivity index (χ0) is 14.8. The Morgan fingerprint density at radius 2 is 2.00 bits per heavy atom. The van der Waals surface area contributed by atoms with Crippen molar-refractivity contribution in [2.75, 3.05) is 7.11 Å². The molecule has 0 saturated carbocycles. The molecule has 0 unspecified atom stereocenters. The number of nitrogens with zero attached hydrogens (tertiary/aromatic N) is 1. The molecule has 1 N–H and O–H groups in total. The minimum Gasteiger partial charge on any atom is -0.496 e. The van der Waals surface area contributed by atoms with Crippen LogP contribution in [-0.2, 0) is 0 Å². The van der Waals surface area contributed by atoms with Crippen LogP contribution < -0.4 is 4.74 Å². The van der Waals surface area contributed by atoms with Gasteiger partial charge in [-0.3, -0.25) is 4.79 Å². The average Bonchev–Trinajstić information content (AvgIpc) is 2.97. The van der Waals surface area contributed by atoms with Gasteiger partial charge in [-0.1, -0.05) is 18.2 Å². The number of nitriles is 1. The van der Waals surface area contributed by atoms with Gasteiger partial charge in [0.2, 0.25) is 0 Å². The highest BCUT2D eigenvalue weighted by molar-refractivity contribution is 6.17. The van der Waals surface area contributed by atoms with Crippen molar-refractivity contribution in [3.8, 4) is 11.8 Å². The number of para-hydroxylation sites is 1. The van der Waals surface area contributed by atoms with Gasteiger partial charge in [-0.2, -0.15) is 5.26 Å². The van der Waals surface area contributed by atoms with Crippen molar-refractivity contribution in [3.05, 3.63) is 65.4 Å². The van der Waals surface area contributed by atoms with E-state index in [2.05, 4.69) is 11.1 Å². The van der Waals surface area contributed by atoms with Crippen LogP contribution in [0.15, 0.2) is 48.7 Å². The molecule has 2 aromatic carbocycles. The van der Waals surface area contributed by atoms with E-state index in [1.54, 1.807) is 49.7 Å². The van der Waals surface area contributed by atoms with Crippen LogP contribution in [0.25, 0.3) is 10.9 Å². The number of aromatic amines is 1. The highest BCUT2D eigenvalue weighted by Crippen LogP contribution is 2.26. The molecule has 102 valence electrons. The van der Waals surface area contributed by atoms with E-state index in [4.69, 9.17) is 10.00 Å². The van der Waals surface area contributed by atoms with Crippen LogP contribution in [0.4, 0.5) is 0 Å². The molecular weight excluding hydrogens is 264 g/mol. The molecule has 0 radical (unpaired) electrons. The molecule has 21 heavy (non-hydrogen) atoms. The van der Waals surface area contributed by atoms with E-state index in [0.717, 1.165) is 10.9 Å². The molecule has 0 atom stereocenters. The summed E-state index contributed by atoms with van der Waals surface area (Å²) in [5.41, 5.74) is 2.41. The number of fused-ring (bicyclic) bond motifs is 1. The quantitative estimate of drug-likeness (QED) is 0.746. The molecule has 0 saturated heterocycles. The minimum absolute atomic E-state index is 0.108. The topological polar surface area (TPSA) is 65.9 Å². The van der Waals surface area contributed by atoms with Crippen molar-refractivity contribution in [1.82, 2.24) is 4.98 Å². The van der Waals surface area contributed by atoms with Crippen LogP contribution in [0.1, 0.15) is 21.5 Å². The molecule has 3 rings (SSSR count). The molecule has 0 amide bonds. The summed E-state index contributed by atoms with van der Waals surface area (Å²) < 4.78 is 5.24. The molecule has 0 fully saturated rings. The summed E-state index contributed by atoms with van der Waals surface area (Å²) >= 11 is 0. The van der Waals surface area contributed by atoms with Crippen LogP contribution in [-0.4, -0.2) is 17.9 Å². The predicted octanol–water partition coefficient (Wildman–Crippen LogP) is 3.28. The van der Waals surface area contributed by atoms with Gasteiger partial charge < -0.3 is 9.72 Å². The molecule has 4 nitrogen and oxygen atoms in total. The number of rotatable bonds is 3. The molecule has 0 aliphatic heterocycles. The average molecular weight is 276 g/mol. The first-order valence-corrected chi connectivity index (χ1v) is 6.43. The summed E-state index contributed by atoms with van der Waals surface area (Å²) in [7, 11) is 1.54. The fraction of sp³-hybridized carbons (Fsp3) is 0.0588. The number of methoxy groups -OCH3 is 1. The summed E-state index contributed by atoms with van der Waals surface area (Å²) in [5, 5.41) is 9.71. The van der Waals surface area contributed by atoms with E-state index in [1.165, 1.54) is 0 Å². The van der Waals surface area contributed by atoms with Crippen LogP contribution in [0.2, 0.25) is 0 Å². The minimum atomic E-state index is -0.108. The van der Waals surface area contributed by atoms with Crippen LogP contribution in [0.3, 0.4) is 0 Å². The van der Waals surface area contributed by atoms with Gasteiger partial charge in [0.1, 0.15) is 5.75 Å². The van der Waals surface area contributed by atoms with Crippen molar-refractivity contribution in [2.45, 2.75) is 0 Å². The molecule has 4 heteroatoms. The Labute approximate surface area is 121 Å². The maximum absolute atomic E-state index is 12.7. The smallest absolute Gasteiger partial charge is 0.198 e. The molecule has 1 aromatic heterocycles. The molecule has 0 aliphatic rings. The lowest BCUT2D eigenvalue weighted by molar-refractivity contribution is 0.103. The third-order valence-electron chi connectivity index (χ3n) is 3.41. The Balaban J connectivity index is 2.12. The number of carbonyl (C=O) groups is 1. The van der Waals surface area contributed by atoms with E-state index in [-0.39, 0.29) is 5.78 Å². The van der Waals surface area contributed by atoms with Crippen molar-refractivity contribution < 1.29 is 9.53 Å². The maximum atomic E-state index is 12.7. The first kappa shape index (κ1) is 12.9. The Morgan fingerprint density at radius 1 is 1.19 bits per heavy atom. The molecule has 0 aliphatic carbocycles. The number of ketones is 1. The number of ether oxygens (including phenoxy) is 1. The van der Waals surface area contributed by atoms with Gasteiger partial charge in [0.25, 0.3) is 0 Å².